The highest BCUT2D eigenvalue weighted by molar-refractivity contribution is 5.44. The maximum atomic E-state index is 11.0. The van der Waals surface area contributed by atoms with Gasteiger partial charge in [-0.25, -0.2) is 0 Å². The standard InChI is InChI=1S/C13H15NO3/c1-16-9-3-4-12-10(7-9)11(14-15)8-13(17-12)5-2-6-13/h3-4,7,11H,2,5-6,8H2,1H3. The van der Waals surface area contributed by atoms with Gasteiger partial charge in [0.2, 0.25) is 0 Å². The van der Waals surface area contributed by atoms with Gasteiger partial charge in [0.05, 0.1) is 7.11 Å². The van der Waals surface area contributed by atoms with Crippen LogP contribution in [0.2, 0.25) is 0 Å². The van der Waals surface area contributed by atoms with E-state index in [1.54, 1.807) is 7.11 Å². The van der Waals surface area contributed by atoms with Gasteiger partial charge in [-0.1, -0.05) is 5.18 Å². The molecule has 1 aliphatic carbocycles. The van der Waals surface area contributed by atoms with Crippen LogP contribution >= 0.6 is 0 Å². The number of nitroso groups, excluding NO2 is 1. The summed E-state index contributed by atoms with van der Waals surface area (Å²) in [6.45, 7) is 0. The van der Waals surface area contributed by atoms with E-state index in [-0.39, 0.29) is 11.6 Å². The van der Waals surface area contributed by atoms with Gasteiger partial charge in [0, 0.05) is 12.0 Å². The molecule has 0 amide bonds. The maximum absolute atomic E-state index is 11.0. The molecule has 0 N–H and O–H groups in total. The van der Waals surface area contributed by atoms with Crippen LogP contribution in [0.4, 0.5) is 0 Å². The summed E-state index contributed by atoms with van der Waals surface area (Å²) in [5.41, 5.74) is 0.733. The molecule has 1 fully saturated rings. The molecule has 2 aliphatic rings. The molecule has 1 aromatic carbocycles. The minimum absolute atomic E-state index is 0.125. The molecule has 1 aliphatic heterocycles. The van der Waals surface area contributed by atoms with Gasteiger partial charge in [-0.05, 0) is 37.5 Å². The molecule has 0 bridgehead atoms. The highest BCUT2D eigenvalue weighted by Gasteiger charge is 2.46. The Labute approximate surface area is 99.9 Å². The van der Waals surface area contributed by atoms with E-state index in [0.29, 0.717) is 6.42 Å². The average Bonchev–Trinajstić information content (AvgIpc) is 2.34. The quantitative estimate of drug-likeness (QED) is 0.737. The first kappa shape index (κ1) is 10.6. The highest BCUT2D eigenvalue weighted by atomic mass is 16.5. The summed E-state index contributed by atoms with van der Waals surface area (Å²) in [5, 5.41) is 3.26. The van der Waals surface area contributed by atoms with E-state index in [9.17, 15) is 4.91 Å². The summed E-state index contributed by atoms with van der Waals surface area (Å²) >= 11 is 0. The number of rotatable bonds is 2. The van der Waals surface area contributed by atoms with Crippen LogP contribution in [0.15, 0.2) is 23.4 Å². The van der Waals surface area contributed by atoms with E-state index in [1.165, 1.54) is 6.42 Å². The Kier molecular flexibility index (Phi) is 2.31. The van der Waals surface area contributed by atoms with Crippen molar-refractivity contribution >= 4 is 0 Å². The molecule has 3 rings (SSSR count). The Hall–Kier alpha value is -1.58. The second-order valence-corrected chi connectivity index (χ2v) is 4.87. The monoisotopic (exact) mass is 233 g/mol. The number of hydrogen-bond acceptors (Lipinski definition) is 4. The van der Waals surface area contributed by atoms with Gasteiger partial charge in [0.15, 0.2) is 0 Å². The third-order valence-corrected chi connectivity index (χ3v) is 3.86. The molecule has 1 aromatic rings. The lowest BCUT2D eigenvalue weighted by Crippen LogP contribution is -2.46. The van der Waals surface area contributed by atoms with Crippen molar-refractivity contribution in [3.8, 4) is 11.5 Å². The van der Waals surface area contributed by atoms with Crippen LogP contribution in [0.25, 0.3) is 0 Å². The summed E-state index contributed by atoms with van der Waals surface area (Å²) < 4.78 is 11.2. The van der Waals surface area contributed by atoms with Crippen LogP contribution in [-0.2, 0) is 0 Å². The molecule has 1 spiro atoms. The molecule has 17 heavy (non-hydrogen) atoms. The van der Waals surface area contributed by atoms with Crippen LogP contribution in [-0.4, -0.2) is 12.7 Å². The summed E-state index contributed by atoms with van der Waals surface area (Å²) in [6, 6.07) is 5.30. The molecule has 0 aromatic heterocycles. The minimum atomic E-state index is -0.297. The summed E-state index contributed by atoms with van der Waals surface area (Å²) in [4.78, 5) is 11.0. The van der Waals surface area contributed by atoms with Crippen molar-refractivity contribution in [2.24, 2.45) is 5.18 Å². The largest absolute Gasteiger partial charge is 0.497 e. The van der Waals surface area contributed by atoms with Crippen molar-refractivity contribution in [3.05, 3.63) is 28.7 Å². The van der Waals surface area contributed by atoms with Gasteiger partial charge in [0.25, 0.3) is 0 Å². The van der Waals surface area contributed by atoms with E-state index in [2.05, 4.69) is 5.18 Å². The lowest BCUT2D eigenvalue weighted by atomic mass is 9.73. The Morgan fingerprint density at radius 2 is 2.29 bits per heavy atom. The molecule has 1 heterocycles. The van der Waals surface area contributed by atoms with Crippen molar-refractivity contribution in [1.29, 1.82) is 0 Å². The fourth-order valence-electron chi connectivity index (χ4n) is 2.72. The minimum Gasteiger partial charge on any atom is -0.497 e. The first-order valence-corrected chi connectivity index (χ1v) is 5.96. The van der Waals surface area contributed by atoms with Gasteiger partial charge >= 0.3 is 0 Å². The first-order valence-electron chi connectivity index (χ1n) is 5.96. The molecule has 4 heteroatoms. The van der Waals surface area contributed by atoms with E-state index >= 15 is 0 Å². The zero-order chi connectivity index (χ0) is 11.9. The molecule has 0 saturated heterocycles. The molecular formula is C13H15NO3. The molecular weight excluding hydrogens is 218 g/mol. The van der Waals surface area contributed by atoms with Crippen LogP contribution in [0.5, 0.6) is 11.5 Å². The van der Waals surface area contributed by atoms with E-state index in [0.717, 1.165) is 29.9 Å². The van der Waals surface area contributed by atoms with Crippen molar-refractivity contribution < 1.29 is 9.47 Å². The molecule has 1 unspecified atom stereocenters. The predicted octanol–water partition coefficient (Wildman–Crippen LogP) is 3.21. The van der Waals surface area contributed by atoms with Crippen LogP contribution in [0.1, 0.15) is 37.3 Å². The Morgan fingerprint density at radius 1 is 1.47 bits per heavy atom. The van der Waals surface area contributed by atoms with Crippen molar-refractivity contribution in [2.45, 2.75) is 37.3 Å². The first-order chi connectivity index (χ1) is 8.26. The number of nitrogens with zero attached hydrogens (tertiary/aromatic N) is 1. The SMILES string of the molecule is COc1ccc2c(c1)C(N=O)CC1(CCC1)O2. The summed E-state index contributed by atoms with van der Waals surface area (Å²) in [6.07, 6.45) is 3.95. The van der Waals surface area contributed by atoms with Crippen molar-refractivity contribution in [1.82, 2.24) is 0 Å². The van der Waals surface area contributed by atoms with Gasteiger partial charge in [0.1, 0.15) is 23.1 Å². The third kappa shape index (κ3) is 1.59. The fraction of sp³-hybridized carbons (Fsp3) is 0.538. The number of benzene rings is 1. The number of ether oxygens (including phenoxy) is 2. The fourth-order valence-corrected chi connectivity index (χ4v) is 2.72. The molecule has 1 saturated carbocycles. The zero-order valence-electron chi connectivity index (χ0n) is 9.81. The van der Waals surface area contributed by atoms with Crippen LogP contribution in [0, 0.1) is 4.91 Å². The number of methoxy groups -OCH3 is 1. The number of hydrogen-bond donors (Lipinski definition) is 0. The Morgan fingerprint density at radius 3 is 2.88 bits per heavy atom. The molecule has 1 atom stereocenters. The van der Waals surface area contributed by atoms with Crippen molar-refractivity contribution in [3.63, 3.8) is 0 Å². The van der Waals surface area contributed by atoms with Gasteiger partial charge in [-0.15, -0.1) is 0 Å². The zero-order valence-corrected chi connectivity index (χ0v) is 9.81. The van der Waals surface area contributed by atoms with Crippen LogP contribution in [0.3, 0.4) is 0 Å². The van der Waals surface area contributed by atoms with E-state index in [1.807, 2.05) is 18.2 Å². The van der Waals surface area contributed by atoms with Gasteiger partial charge in [-0.3, -0.25) is 0 Å². The topological polar surface area (TPSA) is 47.9 Å². The second kappa shape index (κ2) is 3.72. The normalized spacial score (nSPS) is 24.4. The third-order valence-electron chi connectivity index (χ3n) is 3.86. The maximum Gasteiger partial charge on any atom is 0.125 e. The molecule has 4 nitrogen and oxygen atoms in total. The number of fused-ring (bicyclic) bond motifs is 1. The molecule has 90 valence electrons. The summed E-state index contributed by atoms with van der Waals surface area (Å²) in [5.74, 6) is 1.53. The highest BCUT2D eigenvalue weighted by Crippen LogP contribution is 2.50. The smallest absolute Gasteiger partial charge is 0.125 e. The second-order valence-electron chi connectivity index (χ2n) is 4.87. The Balaban J connectivity index is 2.01. The Bertz CT molecular complexity index is 454. The summed E-state index contributed by atoms with van der Waals surface area (Å²) in [7, 11) is 1.61. The van der Waals surface area contributed by atoms with Crippen molar-refractivity contribution in [2.75, 3.05) is 7.11 Å². The van der Waals surface area contributed by atoms with Gasteiger partial charge in [-0.2, -0.15) is 4.91 Å². The lowest BCUT2D eigenvalue weighted by molar-refractivity contribution is -0.0329. The van der Waals surface area contributed by atoms with E-state index < -0.39 is 0 Å². The molecule has 0 radical (unpaired) electrons. The van der Waals surface area contributed by atoms with E-state index in [4.69, 9.17) is 9.47 Å². The predicted molar refractivity (Wildman–Crippen MR) is 63.4 cm³/mol. The average molecular weight is 233 g/mol. The van der Waals surface area contributed by atoms with Gasteiger partial charge < -0.3 is 9.47 Å². The lowest BCUT2D eigenvalue weighted by Gasteiger charge is -2.46. The van der Waals surface area contributed by atoms with Crippen LogP contribution < -0.4 is 9.47 Å².